The number of guanidine groups is 1. The van der Waals surface area contributed by atoms with Gasteiger partial charge in [-0.2, -0.15) is 0 Å². The number of nitrogens with zero attached hydrogens (tertiary/aromatic N) is 2. The van der Waals surface area contributed by atoms with E-state index in [0.717, 1.165) is 25.6 Å². The van der Waals surface area contributed by atoms with E-state index in [4.69, 9.17) is 0 Å². The Bertz CT molecular complexity index is 409. The van der Waals surface area contributed by atoms with Gasteiger partial charge in [0.05, 0.1) is 0 Å². The molecule has 4 nitrogen and oxygen atoms in total. The zero-order chi connectivity index (χ0) is 15.5. The quantitative estimate of drug-likeness (QED) is 0.439. The van der Waals surface area contributed by atoms with Gasteiger partial charge in [0.25, 0.3) is 0 Å². The summed E-state index contributed by atoms with van der Waals surface area (Å²) >= 11 is 0. The number of aliphatic imine (C=N–C) groups is 1. The molecule has 0 aliphatic rings. The number of unbranched alkanes of at least 4 members (excludes halogenated alkanes) is 2. The second-order valence-corrected chi connectivity index (χ2v) is 5.61. The van der Waals surface area contributed by atoms with Crippen LogP contribution in [0.3, 0.4) is 0 Å². The zero-order valence-corrected chi connectivity index (χ0v) is 13.9. The summed E-state index contributed by atoms with van der Waals surface area (Å²) in [5.41, 5.74) is 2.61. The minimum Gasteiger partial charge on any atom is -0.356 e. The smallest absolute Gasteiger partial charge is 0.191 e. The van der Waals surface area contributed by atoms with E-state index in [0.29, 0.717) is 0 Å². The third kappa shape index (κ3) is 7.71. The molecule has 4 heteroatoms. The Hall–Kier alpha value is -1.55. The first-order chi connectivity index (χ1) is 10.2. The van der Waals surface area contributed by atoms with Gasteiger partial charge in [-0.15, -0.1) is 0 Å². The molecule has 0 unspecified atom stereocenters. The Labute approximate surface area is 129 Å². The van der Waals surface area contributed by atoms with Crippen LogP contribution in [0.15, 0.2) is 29.3 Å². The van der Waals surface area contributed by atoms with Crippen molar-refractivity contribution in [2.75, 3.05) is 27.7 Å². The molecule has 0 fully saturated rings. The van der Waals surface area contributed by atoms with Gasteiger partial charge in [-0.25, -0.2) is 0 Å². The summed E-state index contributed by atoms with van der Waals surface area (Å²) in [7, 11) is 5.99. The first kappa shape index (κ1) is 17.5. The molecular weight excluding hydrogens is 260 g/mol. The Morgan fingerprint density at radius 3 is 2.29 bits per heavy atom. The van der Waals surface area contributed by atoms with Crippen molar-refractivity contribution in [2.45, 2.75) is 39.3 Å². The molecular formula is C17H30N4. The Kier molecular flexibility index (Phi) is 8.51. The van der Waals surface area contributed by atoms with Crippen molar-refractivity contribution in [2.24, 2.45) is 4.99 Å². The van der Waals surface area contributed by atoms with Gasteiger partial charge in [0, 0.05) is 26.7 Å². The lowest BCUT2D eigenvalue weighted by Crippen LogP contribution is -2.37. The van der Waals surface area contributed by atoms with Crippen LogP contribution in [0.2, 0.25) is 0 Å². The van der Waals surface area contributed by atoms with Gasteiger partial charge >= 0.3 is 0 Å². The highest BCUT2D eigenvalue weighted by Crippen LogP contribution is 2.05. The largest absolute Gasteiger partial charge is 0.356 e. The van der Waals surface area contributed by atoms with Crippen LogP contribution in [0.4, 0.5) is 0 Å². The van der Waals surface area contributed by atoms with Gasteiger partial charge in [0.1, 0.15) is 0 Å². The van der Waals surface area contributed by atoms with Gasteiger partial charge < -0.3 is 15.5 Å². The number of benzene rings is 1. The summed E-state index contributed by atoms with van der Waals surface area (Å²) in [6.07, 6.45) is 3.70. The molecule has 0 atom stereocenters. The highest BCUT2D eigenvalue weighted by Gasteiger charge is 1.99. The molecule has 0 aliphatic heterocycles. The fraction of sp³-hybridized carbons (Fsp3) is 0.588. The van der Waals surface area contributed by atoms with Gasteiger partial charge in [0.2, 0.25) is 0 Å². The summed E-state index contributed by atoms with van der Waals surface area (Å²) in [5.74, 6) is 0.878. The van der Waals surface area contributed by atoms with Crippen molar-refractivity contribution in [3.05, 3.63) is 35.4 Å². The van der Waals surface area contributed by atoms with E-state index in [9.17, 15) is 0 Å². The van der Waals surface area contributed by atoms with Crippen LogP contribution >= 0.6 is 0 Å². The summed E-state index contributed by atoms with van der Waals surface area (Å²) in [4.78, 5) is 6.42. The lowest BCUT2D eigenvalue weighted by atomic mass is 10.1. The van der Waals surface area contributed by atoms with E-state index in [1.54, 1.807) is 0 Å². The normalized spacial score (nSPS) is 11.8. The maximum absolute atomic E-state index is 4.25. The van der Waals surface area contributed by atoms with E-state index < -0.39 is 0 Å². The van der Waals surface area contributed by atoms with Crippen LogP contribution in [0.1, 0.15) is 37.3 Å². The maximum atomic E-state index is 4.25. The third-order valence-corrected chi connectivity index (χ3v) is 3.28. The van der Waals surface area contributed by atoms with Gasteiger partial charge in [-0.1, -0.05) is 44.0 Å². The molecule has 0 saturated carbocycles. The SMILES string of the molecule is CCCCCNC(=NC)NCc1ccc(CN(C)C)cc1. The predicted molar refractivity (Wildman–Crippen MR) is 91.6 cm³/mol. The van der Waals surface area contributed by atoms with Crippen molar-refractivity contribution < 1.29 is 0 Å². The average Bonchev–Trinajstić information content (AvgIpc) is 2.47. The van der Waals surface area contributed by atoms with Crippen LogP contribution in [0, 0.1) is 0 Å². The van der Waals surface area contributed by atoms with Crippen molar-refractivity contribution in [3.63, 3.8) is 0 Å². The van der Waals surface area contributed by atoms with Crippen LogP contribution < -0.4 is 10.6 Å². The molecule has 1 aromatic rings. The van der Waals surface area contributed by atoms with Crippen molar-refractivity contribution in [1.29, 1.82) is 0 Å². The number of hydrogen-bond donors (Lipinski definition) is 2. The molecule has 0 aliphatic carbocycles. The van der Waals surface area contributed by atoms with Crippen LogP contribution in [0.25, 0.3) is 0 Å². The first-order valence-electron chi connectivity index (χ1n) is 7.82. The molecule has 0 radical (unpaired) electrons. The fourth-order valence-electron chi connectivity index (χ4n) is 2.12. The topological polar surface area (TPSA) is 39.7 Å². The van der Waals surface area contributed by atoms with Gasteiger partial charge in [-0.3, -0.25) is 4.99 Å². The summed E-state index contributed by atoms with van der Waals surface area (Å²) < 4.78 is 0. The molecule has 0 saturated heterocycles. The summed E-state index contributed by atoms with van der Waals surface area (Å²) in [6, 6.07) is 8.73. The Balaban J connectivity index is 2.35. The molecule has 0 amide bonds. The molecule has 0 spiro atoms. The second-order valence-electron chi connectivity index (χ2n) is 5.61. The standard InChI is InChI=1S/C17H30N4/c1-5-6-7-12-19-17(18-2)20-13-15-8-10-16(11-9-15)14-21(3)4/h8-11H,5-7,12-14H2,1-4H3,(H2,18,19,20). The van der Waals surface area contributed by atoms with Crippen LogP contribution in [0.5, 0.6) is 0 Å². The van der Waals surface area contributed by atoms with Crippen molar-refractivity contribution in [3.8, 4) is 0 Å². The third-order valence-electron chi connectivity index (χ3n) is 3.28. The van der Waals surface area contributed by atoms with E-state index in [2.05, 4.69) is 65.8 Å². The van der Waals surface area contributed by atoms with E-state index >= 15 is 0 Å². The lowest BCUT2D eigenvalue weighted by Gasteiger charge is -2.13. The van der Waals surface area contributed by atoms with Crippen LogP contribution in [-0.4, -0.2) is 38.5 Å². The molecule has 118 valence electrons. The molecule has 21 heavy (non-hydrogen) atoms. The molecule has 1 aromatic carbocycles. The van der Waals surface area contributed by atoms with Gasteiger partial charge in [-0.05, 0) is 31.6 Å². The highest BCUT2D eigenvalue weighted by molar-refractivity contribution is 5.79. The zero-order valence-electron chi connectivity index (χ0n) is 13.9. The average molecular weight is 290 g/mol. The lowest BCUT2D eigenvalue weighted by molar-refractivity contribution is 0.402. The number of rotatable bonds is 8. The second kappa shape index (κ2) is 10.2. The highest BCUT2D eigenvalue weighted by atomic mass is 15.2. The number of nitrogens with one attached hydrogen (secondary N) is 2. The Morgan fingerprint density at radius 2 is 1.71 bits per heavy atom. The van der Waals surface area contributed by atoms with Crippen molar-refractivity contribution >= 4 is 5.96 Å². The van der Waals surface area contributed by atoms with Crippen LogP contribution in [-0.2, 0) is 13.1 Å². The minimum absolute atomic E-state index is 0.801. The molecule has 0 bridgehead atoms. The monoisotopic (exact) mass is 290 g/mol. The molecule has 0 heterocycles. The maximum Gasteiger partial charge on any atom is 0.191 e. The number of hydrogen-bond acceptors (Lipinski definition) is 2. The molecule has 2 N–H and O–H groups in total. The molecule has 0 aromatic heterocycles. The van der Waals surface area contributed by atoms with E-state index in [1.165, 1.54) is 30.4 Å². The summed E-state index contributed by atoms with van der Waals surface area (Å²) in [6.45, 7) is 4.98. The van der Waals surface area contributed by atoms with Crippen molar-refractivity contribution in [1.82, 2.24) is 15.5 Å². The van der Waals surface area contributed by atoms with E-state index in [-0.39, 0.29) is 0 Å². The molecule has 1 rings (SSSR count). The fourth-order valence-corrected chi connectivity index (χ4v) is 2.12. The van der Waals surface area contributed by atoms with E-state index in [1.807, 2.05) is 7.05 Å². The Morgan fingerprint density at radius 1 is 1.05 bits per heavy atom. The minimum atomic E-state index is 0.801. The first-order valence-corrected chi connectivity index (χ1v) is 7.82. The summed E-state index contributed by atoms with van der Waals surface area (Å²) in [5, 5.41) is 6.70. The van der Waals surface area contributed by atoms with Gasteiger partial charge in [0.15, 0.2) is 5.96 Å². The predicted octanol–water partition coefficient (Wildman–Crippen LogP) is 2.60.